The number of nitrogens with one attached hydrogen (secondary N) is 2. The van der Waals surface area contributed by atoms with E-state index in [9.17, 15) is 0 Å². The normalized spacial score (nSPS) is 13.8. The van der Waals surface area contributed by atoms with Crippen LogP contribution in [0.1, 0.15) is 17.7 Å². The maximum Gasteiger partial charge on any atom is 0.161 e. The number of fused-ring (bicyclic) bond motifs is 1. The molecule has 4 rings (SSSR count). The molecule has 7 heteroatoms. The van der Waals surface area contributed by atoms with Crippen LogP contribution in [0, 0.1) is 0 Å². The molecular formula is C19H23N7. The van der Waals surface area contributed by atoms with E-state index in [-0.39, 0.29) is 0 Å². The summed E-state index contributed by atoms with van der Waals surface area (Å²) in [5, 5.41) is 11.2. The van der Waals surface area contributed by atoms with Crippen LogP contribution in [0.25, 0.3) is 11.4 Å². The lowest BCUT2D eigenvalue weighted by atomic mass is 10.1. The molecule has 2 N–H and O–H groups in total. The quantitative estimate of drug-likeness (QED) is 0.662. The first kappa shape index (κ1) is 16.7. The van der Waals surface area contributed by atoms with Gasteiger partial charge in [-0.15, -0.1) is 0 Å². The van der Waals surface area contributed by atoms with Crippen LogP contribution in [-0.2, 0) is 19.4 Å². The second-order valence-corrected chi connectivity index (χ2v) is 6.36. The predicted molar refractivity (Wildman–Crippen MR) is 101 cm³/mol. The topological polar surface area (TPSA) is 80.6 Å². The van der Waals surface area contributed by atoms with Crippen molar-refractivity contribution in [3.8, 4) is 11.4 Å². The fourth-order valence-electron chi connectivity index (χ4n) is 3.20. The highest BCUT2D eigenvalue weighted by Gasteiger charge is 2.17. The molecule has 4 heterocycles. The summed E-state index contributed by atoms with van der Waals surface area (Å²) in [5.41, 5.74) is 3.39. The highest BCUT2D eigenvalue weighted by atomic mass is 15.3. The van der Waals surface area contributed by atoms with E-state index in [1.54, 1.807) is 12.4 Å². The van der Waals surface area contributed by atoms with Gasteiger partial charge in [0.25, 0.3) is 0 Å². The number of pyridine rings is 1. The molecule has 0 aromatic carbocycles. The van der Waals surface area contributed by atoms with E-state index >= 15 is 0 Å². The lowest BCUT2D eigenvalue weighted by molar-refractivity contribution is 0.591. The molecule has 0 radical (unpaired) electrons. The third kappa shape index (κ3) is 3.88. The third-order valence-electron chi connectivity index (χ3n) is 4.54. The Labute approximate surface area is 152 Å². The van der Waals surface area contributed by atoms with Gasteiger partial charge in [0, 0.05) is 62.0 Å². The number of nitrogens with zero attached hydrogens (tertiary/aromatic N) is 5. The van der Waals surface area contributed by atoms with Crippen molar-refractivity contribution in [1.29, 1.82) is 0 Å². The fourth-order valence-corrected chi connectivity index (χ4v) is 3.20. The SMILES string of the molecule is c1cnn(CCCNc2nc(-c3ccncc3)nc3c2CCNCC3)c1. The van der Waals surface area contributed by atoms with Crippen molar-refractivity contribution in [2.75, 3.05) is 25.0 Å². The second kappa shape index (κ2) is 8.05. The standard InChI is InChI=1S/C19H23N7/c1(13-26-14-2-8-23-26)7-22-19-16-5-11-21-12-6-17(16)24-18(25-19)15-3-9-20-10-4-15/h2-4,8-10,14,21H,1,5-7,11-13H2,(H,22,24,25). The third-order valence-corrected chi connectivity index (χ3v) is 4.54. The minimum atomic E-state index is 0.766. The van der Waals surface area contributed by atoms with Gasteiger partial charge in [0.2, 0.25) is 0 Å². The molecule has 0 unspecified atom stereocenters. The molecule has 1 aliphatic rings. The zero-order valence-electron chi connectivity index (χ0n) is 14.7. The first-order valence-electron chi connectivity index (χ1n) is 9.12. The van der Waals surface area contributed by atoms with Crippen molar-refractivity contribution < 1.29 is 0 Å². The zero-order chi connectivity index (χ0) is 17.6. The summed E-state index contributed by atoms with van der Waals surface area (Å²) in [6.07, 6.45) is 10.2. The molecule has 0 fully saturated rings. The van der Waals surface area contributed by atoms with Crippen LogP contribution in [0.2, 0.25) is 0 Å². The Bertz CT molecular complexity index is 831. The van der Waals surface area contributed by atoms with Gasteiger partial charge in [-0.05, 0) is 37.6 Å². The molecule has 0 aliphatic carbocycles. The summed E-state index contributed by atoms with van der Waals surface area (Å²) >= 11 is 0. The molecule has 0 atom stereocenters. The molecule has 0 saturated heterocycles. The number of anilines is 1. The molecule has 3 aromatic heterocycles. The van der Waals surface area contributed by atoms with Gasteiger partial charge in [0.15, 0.2) is 5.82 Å². The Morgan fingerprint density at radius 2 is 1.96 bits per heavy atom. The van der Waals surface area contributed by atoms with Gasteiger partial charge in [-0.1, -0.05) is 0 Å². The first-order valence-corrected chi connectivity index (χ1v) is 9.12. The number of hydrogen-bond acceptors (Lipinski definition) is 6. The van der Waals surface area contributed by atoms with E-state index in [0.29, 0.717) is 0 Å². The molecule has 0 amide bonds. The maximum atomic E-state index is 4.84. The van der Waals surface area contributed by atoms with Gasteiger partial charge in [-0.3, -0.25) is 9.67 Å². The Balaban J connectivity index is 1.55. The molecule has 7 nitrogen and oxygen atoms in total. The van der Waals surface area contributed by atoms with Crippen LogP contribution in [0.3, 0.4) is 0 Å². The first-order chi connectivity index (χ1) is 12.9. The van der Waals surface area contributed by atoms with E-state index in [1.165, 1.54) is 5.56 Å². The van der Waals surface area contributed by atoms with Crippen LogP contribution in [0.15, 0.2) is 43.0 Å². The molecule has 134 valence electrons. The maximum absolute atomic E-state index is 4.84. The minimum Gasteiger partial charge on any atom is -0.370 e. The molecule has 3 aromatic rings. The van der Waals surface area contributed by atoms with E-state index < -0.39 is 0 Å². The number of rotatable bonds is 6. The summed E-state index contributed by atoms with van der Waals surface area (Å²) < 4.78 is 1.95. The number of aryl methyl sites for hydroxylation is 1. The average Bonchev–Trinajstić information content (AvgIpc) is 3.09. The summed E-state index contributed by atoms with van der Waals surface area (Å²) in [6, 6.07) is 5.86. The monoisotopic (exact) mass is 349 g/mol. The van der Waals surface area contributed by atoms with E-state index in [0.717, 1.165) is 68.3 Å². The summed E-state index contributed by atoms with van der Waals surface area (Å²) in [4.78, 5) is 13.8. The van der Waals surface area contributed by atoms with Crippen molar-refractivity contribution in [2.24, 2.45) is 0 Å². The molecule has 1 aliphatic heterocycles. The predicted octanol–water partition coefficient (Wildman–Crippen LogP) is 1.93. The Kier molecular flexibility index (Phi) is 5.16. The lowest BCUT2D eigenvalue weighted by Gasteiger charge is -2.15. The molecule has 0 bridgehead atoms. The van der Waals surface area contributed by atoms with Crippen molar-refractivity contribution in [3.63, 3.8) is 0 Å². The van der Waals surface area contributed by atoms with Gasteiger partial charge < -0.3 is 10.6 Å². The van der Waals surface area contributed by atoms with Crippen LogP contribution in [0.4, 0.5) is 5.82 Å². The van der Waals surface area contributed by atoms with Gasteiger partial charge in [0.05, 0.1) is 5.69 Å². The lowest BCUT2D eigenvalue weighted by Crippen LogP contribution is -2.16. The van der Waals surface area contributed by atoms with E-state index in [1.807, 2.05) is 35.3 Å². The average molecular weight is 349 g/mol. The van der Waals surface area contributed by atoms with Crippen LogP contribution >= 0.6 is 0 Å². The van der Waals surface area contributed by atoms with Crippen LogP contribution in [0.5, 0.6) is 0 Å². The van der Waals surface area contributed by atoms with Gasteiger partial charge in [0.1, 0.15) is 5.82 Å². The summed E-state index contributed by atoms with van der Waals surface area (Å²) in [7, 11) is 0. The highest BCUT2D eigenvalue weighted by molar-refractivity contribution is 5.59. The summed E-state index contributed by atoms with van der Waals surface area (Å²) in [6.45, 7) is 3.67. The molecule has 26 heavy (non-hydrogen) atoms. The number of aromatic nitrogens is 5. The Morgan fingerprint density at radius 3 is 2.81 bits per heavy atom. The minimum absolute atomic E-state index is 0.766. The van der Waals surface area contributed by atoms with Crippen LogP contribution < -0.4 is 10.6 Å². The highest BCUT2D eigenvalue weighted by Crippen LogP contribution is 2.24. The van der Waals surface area contributed by atoms with Crippen LogP contribution in [-0.4, -0.2) is 44.4 Å². The molecule has 0 spiro atoms. The van der Waals surface area contributed by atoms with Crippen molar-refractivity contribution in [2.45, 2.75) is 25.8 Å². The van der Waals surface area contributed by atoms with Gasteiger partial charge >= 0.3 is 0 Å². The largest absolute Gasteiger partial charge is 0.370 e. The molecule has 0 saturated carbocycles. The van der Waals surface area contributed by atoms with Crippen molar-refractivity contribution >= 4 is 5.82 Å². The van der Waals surface area contributed by atoms with E-state index in [2.05, 4.69) is 20.7 Å². The Morgan fingerprint density at radius 1 is 1.08 bits per heavy atom. The Hall–Kier alpha value is -2.80. The van der Waals surface area contributed by atoms with Crippen molar-refractivity contribution in [1.82, 2.24) is 30.0 Å². The van der Waals surface area contributed by atoms with Gasteiger partial charge in [-0.2, -0.15) is 5.10 Å². The second-order valence-electron chi connectivity index (χ2n) is 6.36. The zero-order valence-corrected chi connectivity index (χ0v) is 14.7. The number of hydrogen-bond donors (Lipinski definition) is 2. The molecular weight excluding hydrogens is 326 g/mol. The van der Waals surface area contributed by atoms with Gasteiger partial charge in [-0.25, -0.2) is 9.97 Å². The van der Waals surface area contributed by atoms with Crippen molar-refractivity contribution in [3.05, 3.63) is 54.2 Å². The van der Waals surface area contributed by atoms with E-state index in [4.69, 9.17) is 9.97 Å². The summed E-state index contributed by atoms with van der Waals surface area (Å²) in [5.74, 6) is 1.73. The fraction of sp³-hybridized carbons (Fsp3) is 0.368. The smallest absolute Gasteiger partial charge is 0.161 e.